The van der Waals surface area contributed by atoms with Gasteiger partial charge < -0.3 is 10.3 Å². The zero-order chi connectivity index (χ0) is 13.8. The summed E-state index contributed by atoms with van der Waals surface area (Å²) in [6, 6.07) is 8.87. The van der Waals surface area contributed by atoms with Crippen LogP contribution in [0.5, 0.6) is 0 Å². The molecule has 2 unspecified atom stereocenters. The molecule has 1 heterocycles. The van der Waals surface area contributed by atoms with Crippen molar-refractivity contribution in [1.82, 2.24) is 9.55 Å². The summed E-state index contributed by atoms with van der Waals surface area (Å²) in [6.07, 6.45) is 5.77. The Balaban J connectivity index is 2.47. The van der Waals surface area contributed by atoms with Crippen molar-refractivity contribution < 1.29 is 0 Å². The number of nitrogens with zero attached hydrogens (tertiary/aromatic N) is 2. The first-order valence-electron chi connectivity index (χ1n) is 7.01. The molecule has 1 aromatic carbocycles. The van der Waals surface area contributed by atoms with Crippen molar-refractivity contribution in [2.24, 2.45) is 5.73 Å². The molecule has 0 aliphatic carbocycles. The Morgan fingerprint density at radius 2 is 2.11 bits per heavy atom. The molecule has 0 amide bonds. The van der Waals surface area contributed by atoms with Crippen molar-refractivity contribution in [2.45, 2.75) is 45.7 Å². The third-order valence-corrected chi connectivity index (χ3v) is 3.63. The fraction of sp³-hybridized carbons (Fsp3) is 0.438. The van der Waals surface area contributed by atoms with Crippen molar-refractivity contribution in [3.8, 4) is 0 Å². The van der Waals surface area contributed by atoms with Gasteiger partial charge in [0.2, 0.25) is 0 Å². The molecule has 3 nitrogen and oxygen atoms in total. The fourth-order valence-corrected chi connectivity index (χ4v) is 2.56. The van der Waals surface area contributed by atoms with Crippen LogP contribution in [0, 0.1) is 6.92 Å². The van der Waals surface area contributed by atoms with Crippen molar-refractivity contribution in [3.63, 3.8) is 0 Å². The number of rotatable bonds is 5. The summed E-state index contributed by atoms with van der Waals surface area (Å²) in [5.41, 5.74) is 8.90. The maximum atomic E-state index is 6.37. The molecule has 1 aromatic heterocycles. The van der Waals surface area contributed by atoms with E-state index in [1.165, 1.54) is 11.1 Å². The Kier molecular flexibility index (Phi) is 4.38. The van der Waals surface area contributed by atoms with Gasteiger partial charge in [0, 0.05) is 24.9 Å². The SMILES string of the molecule is CCc1nccn1C(c1cccc(C)c1)C(N)CC. The zero-order valence-corrected chi connectivity index (χ0v) is 12.0. The lowest BCUT2D eigenvalue weighted by Crippen LogP contribution is -2.33. The van der Waals surface area contributed by atoms with Gasteiger partial charge in [-0.2, -0.15) is 0 Å². The van der Waals surface area contributed by atoms with Gasteiger partial charge in [0.05, 0.1) is 6.04 Å². The maximum absolute atomic E-state index is 6.37. The van der Waals surface area contributed by atoms with Crippen LogP contribution in [0.3, 0.4) is 0 Å². The second-order valence-electron chi connectivity index (χ2n) is 5.04. The Morgan fingerprint density at radius 1 is 1.32 bits per heavy atom. The lowest BCUT2D eigenvalue weighted by Gasteiger charge is -2.26. The molecule has 2 N–H and O–H groups in total. The van der Waals surface area contributed by atoms with Crippen molar-refractivity contribution in [3.05, 3.63) is 53.6 Å². The van der Waals surface area contributed by atoms with Crippen LogP contribution in [-0.4, -0.2) is 15.6 Å². The van der Waals surface area contributed by atoms with E-state index in [1.807, 2.05) is 12.4 Å². The molecule has 102 valence electrons. The highest BCUT2D eigenvalue weighted by atomic mass is 15.1. The minimum atomic E-state index is 0.0984. The molecular formula is C16H23N3. The van der Waals surface area contributed by atoms with E-state index in [1.54, 1.807) is 0 Å². The van der Waals surface area contributed by atoms with Crippen LogP contribution < -0.4 is 5.73 Å². The van der Waals surface area contributed by atoms with E-state index in [0.29, 0.717) is 0 Å². The molecule has 19 heavy (non-hydrogen) atoms. The molecule has 3 heteroatoms. The molecule has 0 aliphatic rings. The standard InChI is InChI=1S/C16H23N3/c1-4-14(17)16(13-8-6-7-12(3)11-13)19-10-9-18-15(19)5-2/h6-11,14,16H,4-5,17H2,1-3H3. The van der Waals surface area contributed by atoms with Gasteiger partial charge in [-0.3, -0.25) is 0 Å². The van der Waals surface area contributed by atoms with Crippen molar-refractivity contribution in [1.29, 1.82) is 0 Å². The summed E-state index contributed by atoms with van der Waals surface area (Å²) >= 11 is 0. The number of nitrogens with two attached hydrogens (primary N) is 1. The third kappa shape index (κ3) is 2.87. The number of hydrogen-bond acceptors (Lipinski definition) is 2. The lowest BCUT2D eigenvalue weighted by molar-refractivity contribution is 0.447. The summed E-state index contributed by atoms with van der Waals surface area (Å²) in [4.78, 5) is 4.43. The second-order valence-corrected chi connectivity index (χ2v) is 5.04. The highest BCUT2D eigenvalue weighted by Crippen LogP contribution is 2.25. The second kappa shape index (κ2) is 6.02. The Bertz CT molecular complexity index is 530. The van der Waals surface area contributed by atoms with Crippen LogP contribution in [-0.2, 0) is 6.42 Å². The largest absolute Gasteiger partial charge is 0.326 e. The average Bonchev–Trinajstić information content (AvgIpc) is 2.87. The number of aryl methyl sites for hydroxylation is 2. The molecule has 0 saturated carbocycles. The molecule has 2 atom stereocenters. The number of hydrogen-bond donors (Lipinski definition) is 1. The van der Waals surface area contributed by atoms with E-state index in [2.05, 4.69) is 54.6 Å². The van der Waals surface area contributed by atoms with Crippen LogP contribution in [0.2, 0.25) is 0 Å². The minimum absolute atomic E-state index is 0.0984. The number of aromatic nitrogens is 2. The van der Waals surface area contributed by atoms with Crippen molar-refractivity contribution >= 4 is 0 Å². The van der Waals surface area contributed by atoms with Crippen molar-refractivity contribution in [2.75, 3.05) is 0 Å². The smallest absolute Gasteiger partial charge is 0.108 e. The Hall–Kier alpha value is -1.61. The predicted molar refractivity (Wildman–Crippen MR) is 79.2 cm³/mol. The fourth-order valence-electron chi connectivity index (χ4n) is 2.56. The van der Waals surface area contributed by atoms with Gasteiger partial charge in [-0.15, -0.1) is 0 Å². The molecule has 0 radical (unpaired) electrons. The summed E-state index contributed by atoms with van der Waals surface area (Å²) < 4.78 is 2.23. The summed E-state index contributed by atoms with van der Waals surface area (Å²) in [7, 11) is 0. The monoisotopic (exact) mass is 257 g/mol. The van der Waals surface area contributed by atoms with E-state index in [0.717, 1.165) is 18.7 Å². The number of imidazole rings is 1. The van der Waals surface area contributed by atoms with E-state index in [4.69, 9.17) is 5.73 Å². The Morgan fingerprint density at radius 3 is 2.74 bits per heavy atom. The van der Waals surface area contributed by atoms with E-state index in [9.17, 15) is 0 Å². The predicted octanol–water partition coefficient (Wildman–Crippen LogP) is 3.08. The normalized spacial score (nSPS) is 14.3. The molecule has 0 spiro atoms. The third-order valence-electron chi connectivity index (χ3n) is 3.63. The average molecular weight is 257 g/mol. The molecule has 0 aliphatic heterocycles. The van der Waals surface area contributed by atoms with Crippen LogP contribution in [0.15, 0.2) is 36.7 Å². The van der Waals surface area contributed by atoms with Gasteiger partial charge in [0.25, 0.3) is 0 Å². The van der Waals surface area contributed by atoms with Gasteiger partial charge >= 0.3 is 0 Å². The summed E-state index contributed by atoms with van der Waals surface area (Å²) in [6.45, 7) is 6.38. The highest BCUT2D eigenvalue weighted by molar-refractivity contribution is 5.27. The Labute approximate surface area is 115 Å². The minimum Gasteiger partial charge on any atom is -0.326 e. The maximum Gasteiger partial charge on any atom is 0.108 e. The highest BCUT2D eigenvalue weighted by Gasteiger charge is 2.22. The van der Waals surface area contributed by atoms with Crippen LogP contribution in [0.25, 0.3) is 0 Å². The van der Waals surface area contributed by atoms with Gasteiger partial charge in [-0.05, 0) is 18.9 Å². The van der Waals surface area contributed by atoms with Gasteiger partial charge in [-0.1, -0.05) is 43.7 Å². The lowest BCUT2D eigenvalue weighted by atomic mass is 9.96. The quantitative estimate of drug-likeness (QED) is 0.894. The summed E-state index contributed by atoms with van der Waals surface area (Å²) in [5.74, 6) is 1.09. The summed E-state index contributed by atoms with van der Waals surface area (Å²) in [5, 5.41) is 0. The molecule has 0 bridgehead atoms. The van der Waals surface area contributed by atoms with Crippen LogP contribution in [0.4, 0.5) is 0 Å². The van der Waals surface area contributed by atoms with Gasteiger partial charge in [-0.25, -0.2) is 4.98 Å². The molecule has 2 aromatic rings. The van der Waals surface area contributed by atoms with E-state index >= 15 is 0 Å². The molecule has 0 fully saturated rings. The molecular weight excluding hydrogens is 234 g/mol. The zero-order valence-electron chi connectivity index (χ0n) is 12.0. The van der Waals surface area contributed by atoms with Gasteiger partial charge in [0.15, 0.2) is 0 Å². The van der Waals surface area contributed by atoms with Crippen LogP contribution >= 0.6 is 0 Å². The molecule has 2 rings (SSSR count). The van der Waals surface area contributed by atoms with E-state index < -0.39 is 0 Å². The van der Waals surface area contributed by atoms with Gasteiger partial charge in [0.1, 0.15) is 5.82 Å². The first-order chi connectivity index (χ1) is 9.17. The van der Waals surface area contributed by atoms with Crippen LogP contribution in [0.1, 0.15) is 43.3 Å². The first kappa shape index (κ1) is 13.8. The topological polar surface area (TPSA) is 43.8 Å². The molecule has 0 saturated heterocycles. The van der Waals surface area contributed by atoms with E-state index in [-0.39, 0.29) is 12.1 Å². The number of benzene rings is 1. The first-order valence-corrected chi connectivity index (χ1v) is 7.01.